The van der Waals surface area contributed by atoms with Crippen LogP contribution in [0.2, 0.25) is 0 Å². The van der Waals surface area contributed by atoms with Gasteiger partial charge >= 0.3 is 0 Å². The van der Waals surface area contributed by atoms with Crippen LogP contribution in [0.25, 0.3) is 5.52 Å². The molecule has 0 spiro atoms. The van der Waals surface area contributed by atoms with Gasteiger partial charge in [-0.15, -0.1) is 0 Å². The highest BCUT2D eigenvalue weighted by Gasteiger charge is 2.22. The van der Waals surface area contributed by atoms with Crippen molar-refractivity contribution in [2.24, 2.45) is 0 Å². The van der Waals surface area contributed by atoms with E-state index < -0.39 is 0 Å². The molecule has 1 aliphatic rings. The number of fused-ring (bicyclic) bond motifs is 1. The van der Waals surface area contributed by atoms with Gasteiger partial charge in [-0.05, 0) is 13.3 Å². The van der Waals surface area contributed by atoms with Gasteiger partial charge in [0.05, 0.1) is 12.8 Å². The molecular formula is C11H13N3O2. The molecule has 3 heterocycles. The predicted octanol–water partition coefficient (Wildman–Crippen LogP) is 0.835. The summed E-state index contributed by atoms with van der Waals surface area (Å²) in [6.45, 7) is 3.35. The molecule has 1 aliphatic heterocycles. The van der Waals surface area contributed by atoms with Gasteiger partial charge in [-0.3, -0.25) is 9.20 Å². The summed E-state index contributed by atoms with van der Waals surface area (Å²) >= 11 is 0. The van der Waals surface area contributed by atoms with Gasteiger partial charge in [0.15, 0.2) is 0 Å². The van der Waals surface area contributed by atoms with Crippen molar-refractivity contribution in [3.63, 3.8) is 0 Å². The fourth-order valence-corrected chi connectivity index (χ4v) is 2.19. The second kappa shape index (κ2) is 3.45. The number of rotatable bonds is 1. The molecule has 1 saturated heterocycles. The SMILES string of the molecule is Cc1cn2c(C3CCOC3)ncc2c(=O)[nH]1. The molecule has 0 aliphatic carbocycles. The van der Waals surface area contributed by atoms with Crippen LogP contribution in [0, 0.1) is 6.92 Å². The van der Waals surface area contributed by atoms with Crippen molar-refractivity contribution in [3.05, 3.63) is 34.3 Å². The van der Waals surface area contributed by atoms with Crippen molar-refractivity contribution in [1.82, 2.24) is 14.4 Å². The number of hydrogen-bond acceptors (Lipinski definition) is 3. The standard InChI is InChI=1S/C11H13N3O2/c1-7-5-14-9(11(15)13-7)4-12-10(14)8-2-3-16-6-8/h4-5,8H,2-3,6H2,1H3,(H,13,15). The van der Waals surface area contributed by atoms with Crippen LogP contribution in [0.3, 0.4) is 0 Å². The summed E-state index contributed by atoms with van der Waals surface area (Å²) in [6.07, 6.45) is 4.52. The van der Waals surface area contributed by atoms with Gasteiger partial charge in [0.2, 0.25) is 0 Å². The molecule has 1 fully saturated rings. The fraction of sp³-hybridized carbons (Fsp3) is 0.455. The van der Waals surface area contributed by atoms with Crippen LogP contribution in [0.5, 0.6) is 0 Å². The van der Waals surface area contributed by atoms with E-state index in [-0.39, 0.29) is 5.56 Å². The Balaban J connectivity index is 2.22. The largest absolute Gasteiger partial charge is 0.381 e. The summed E-state index contributed by atoms with van der Waals surface area (Å²) in [5, 5.41) is 0. The maximum atomic E-state index is 11.7. The first kappa shape index (κ1) is 9.59. The number of hydrogen-bond donors (Lipinski definition) is 1. The number of ether oxygens (including phenoxy) is 1. The van der Waals surface area contributed by atoms with Crippen molar-refractivity contribution >= 4 is 5.52 Å². The number of H-pyrrole nitrogens is 1. The Kier molecular flexibility index (Phi) is 2.07. The normalized spacial score (nSPS) is 20.7. The van der Waals surface area contributed by atoms with E-state index in [9.17, 15) is 4.79 Å². The third-order valence-corrected chi connectivity index (χ3v) is 2.99. The summed E-state index contributed by atoms with van der Waals surface area (Å²) in [5.74, 6) is 1.24. The molecule has 2 aromatic heterocycles. The molecule has 1 unspecified atom stereocenters. The van der Waals surface area contributed by atoms with Gasteiger partial charge in [0.25, 0.3) is 5.56 Å². The molecule has 3 rings (SSSR count). The molecule has 16 heavy (non-hydrogen) atoms. The minimum Gasteiger partial charge on any atom is -0.381 e. The average molecular weight is 219 g/mol. The van der Waals surface area contributed by atoms with Crippen LogP contribution in [0.15, 0.2) is 17.2 Å². The summed E-state index contributed by atoms with van der Waals surface area (Å²) in [7, 11) is 0. The number of imidazole rings is 1. The van der Waals surface area contributed by atoms with Crippen LogP contribution in [0.4, 0.5) is 0 Å². The number of nitrogens with one attached hydrogen (secondary N) is 1. The molecular weight excluding hydrogens is 206 g/mol. The van der Waals surface area contributed by atoms with E-state index in [2.05, 4.69) is 9.97 Å². The van der Waals surface area contributed by atoms with E-state index in [0.717, 1.165) is 24.5 Å². The Labute approximate surface area is 92.1 Å². The van der Waals surface area contributed by atoms with Crippen molar-refractivity contribution in [2.75, 3.05) is 13.2 Å². The number of aryl methyl sites for hydroxylation is 1. The highest BCUT2D eigenvalue weighted by atomic mass is 16.5. The average Bonchev–Trinajstić information content (AvgIpc) is 2.83. The number of nitrogens with zero attached hydrogens (tertiary/aromatic N) is 2. The van der Waals surface area contributed by atoms with Gasteiger partial charge in [-0.25, -0.2) is 4.98 Å². The van der Waals surface area contributed by atoms with Crippen LogP contribution in [-0.4, -0.2) is 27.6 Å². The lowest BCUT2D eigenvalue weighted by atomic mass is 10.1. The van der Waals surface area contributed by atoms with Gasteiger partial charge in [0.1, 0.15) is 11.3 Å². The zero-order valence-corrected chi connectivity index (χ0v) is 9.06. The predicted molar refractivity (Wildman–Crippen MR) is 58.7 cm³/mol. The smallest absolute Gasteiger partial charge is 0.274 e. The highest BCUT2D eigenvalue weighted by molar-refractivity contribution is 5.44. The van der Waals surface area contributed by atoms with E-state index in [0.29, 0.717) is 18.0 Å². The van der Waals surface area contributed by atoms with Crippen LogP contribution in [-0.2, 0) is 4.74 Å². The van der Waals surface area contributed by atoms with Gasteiger partial charge in [-0.2, -0.15) is 0 Å². The summed E-state index contributed by atoms with van der Waals surface area (Å²) < 4.78 is 7.23. The Morgan fingerprint density at radius 1 is 1.62 bits per heavy atom. The monoisotopic (exact) mass is 219 g/mol. The number of aromatic amines is 1. The summed E-state index contributed by atoms with van der Waals surface area (Å²) in [6, 6.07) is 0. The second-order valence-corrected chi connectivity index (χ2v) is 4.20. The number of aromatic nitrogens is 3. The summed E-state index contributed by atoms with van der Waals surface area (Å²) in [4.78, 5) is 18.8. The Bertz CT molecular complexity index is 578. The molecule has 0 bridgehead atoms. The minimum atomic E-state index is -0.0855. The third kappa shape index (κ3) is 1.36. The Hall–Kier alpha value is -1.62. The zero-order chi connectivity index (χ0) is 11.1. The zero-order valence-electron chi connectivity index (χ0n) is 9.06. The van der Waals surface area contributed by atoms with Crippen molar-refractivity contribution in [3.8, 4) is 0 Å². The van der Waals surface area contributed by atoms with E-state index in [4.69, 9.17) is 4.74 Å². The first-order valence-corrected chi connectivity index (χ1v) is 5.40. The topological polar surface area (TPSA) is 59.4 Å². The fourth-order valence-electron chi connectivity index (χ4n) is 2.19. The highest BCUT2D eigenvalue weighted by Crippen LogP contribution is 2.24. The van der Waals surface area contributed by atoms with E-state index in [1.165, 1.54) is 0 Å². The molecule has 5 nitrogen and oxygen atoms in total. The molecule has 0 saturated carbocycles. The lowest BCUT2D eigenvalue weighted by molar-refractivity contribution is 0.193. The molecule has 0 aromatic carbocycles. The molecule has 1 atom stereocenters. The first-order valence-electron chi connectivity index (χ1n) is 5.40. The van der Waals surface area contributed by atoms with Crippen molar-refractivity contribution in [2.45, 2.75) is 19.3 Å². The van der Waals surface area contributed by atoms with E-state index in [1.54, 1.807) is 6.20 Å². The molecule has 5 heteroatoms. The lowest BCUT2D eigenvalue weighted by Crippen LogP contribution is -2.12. The Morgan fingerprint density at radius 2 is 2.50 bits per heavy atom. The van der Waals surface area contributed by atoms with E-state index in [1.807, 2.05) is 17.5 Å². The third-order valence-electron chi connectivity index (χ3n) is 2.99. The molecule has 84 valence electrons. The lowest BCUT2D eigenvalue weighted by Gasteiger charge is -2.06. The molecule has 2 aromatic rings. The molecule has 0 radical (unpaired) electrons. The van der Waals surface area contributed by atoms with Gasteiger partial charge < -0.3 is 9.72 Å². The van der Waals surface area contributed by atoms with Crippen LogP contribution in [0.1, 0.15) is 23.9 Å². The molecule has 0 amide bonds. The summed E-state index contributed by atoms with van der Waals surface area (Å²) in [5.41, 5.74) is 1.36. The van der Waals surface area contributed by atoms with Crippen molar-refractivity contribution in [1.29, 1.82) is 0 Å². The maximum Gasteiger partial charge on any atom is 0.274 e. The minimum absolute atomic E-state index is 0.0855. The quantitative estimate of drug-likeness (QED) is 0.773. The van der Waals surface area contributed by atoms with Crippen molar-refractivity contribution < 1.29 is 4.74 Å². The van der Waals surface area contributed by atoms with Gasteiger partial charge in [-0.1, -0.05) is 0 Å². The van der Waals surface area contributed by atoms with E-state index >= 15 is 0 Å². The first-order chi connectivity index (χ1) is 7.75. The van der Waals surface area contributed by atoms with Gasteiger partial charge in [0, 0.05) is 24.4 Å². The van der Waals surface area contributed by atoms with Crippen LogP contribution < -0.4 is 5.56 Å². The second-order valence-electron chi connectivity index (χ2n) is 4.20. The van der Waals surface area contributed by atoms with Crippen LogP contribution >= 0.6 is 0 Å². The molecule has 1 N–H and O–H groups in total. The Morgan fingerprint density at radius 3 is 3.25 bits per heavy atom. The maximum absolute atomic E-state index is 11.7.